The molecule has 0 aromatic heterocycles. The summed E-state index contributed by atoms with van der Waals surface area (Å²) in [5.74, 6) is 0.374. The zero-order valence-electron chi connectivity index (χ0n) is 13.0. The molecule has 0 unspecified atom stereocenters. The summed E-state index contributed by atoms with van der Waals surface area (Å²) < 4.78 is 74.4. The lowest BCUT2D eigenvalue weighted by atomic mass is 9.91. The van der Waals surface area contributed by atoms with Crippen molar-refractivity contribution >= 4 is 9.84 Å². The molecular weight excluding hydrogens is 346 g/mol. The SMILES string of the molecule is O=S1(=O)CC2(CCN(C[C@@H](F)Cc3ccc(C(F)(F)F)cc3)C2)C1. The maximum atomic E-state index is 14.2. The van der Waals surface area contributed by atoms with Crippen molar-refractivity contribution in [2.75, 3.05) is 31.1 Å². The van der Waals surface area contributed by atoms with Gasteiger partial charge in [-0.1, -0.05) is 12.1 Å². The number of likely N-dealkylation sites (tertiary alicyclic amines) is 1. The third-order valence-electron chi connectivity index (χ3n) is 4.76. The number of halogens is 4. The van der Waals surface area contributed by atoms with Crippen molar-refractivity contribution in [3.8, 4) is 0 Å². The van der Waals surface area contributed by atoms with Crippen LogP contribution in [0.2, 0.25) is 0 Å². The minimum absolute atomic E-state index is 0.0555. The highest BCUT2D eigenvalue weighted by Crippen LogP contribution is 2.41. The number of nitrogens with zero attached hydrogens (tertiary/aromatic N) is 1. The molecule has 1 spiro atoms. The van der Waals surface area contributed by atoms with Crippen LogP contribution >= 0.6 is 0 Å². The summed E-state index contributed by atoms with van der Waals surface area (Å²) in [6, 6.07) is 4.54. The zero-order chi connectivity index (χ0) is 17.6. The molecule has 0 N–H and O–H groups in total. The van der Waals surface area contributed by atoms with Gasteiger partial charge >= 0.3 is 6.18 Å². The van der Waals surface area contributed by atoms with Crippen molar-refractivity contribution in [2.24, 2.45) is 5.41 Å². The first-order valence-electron chi connectivity index (χ1n) is 7.80. The van der Waals surface area contributed by atoms with Gasteiger partial charge in [0.1, 0.15) is 6.17 Å². The van der Waals surface area contributed by atoms with Crippen molar-refractivity contribution in [1.82, 2.24) is 4.90 Å². The first-order chi connectivity index (χ1) is 11.1. The van der Waals surface area contributed by atoms with Crippen LogP contribution in [0.25, 0.3) is 0 Å². The lowest BCUT2D eigenvalue weighted by molar-refractivity contribution is -0.137. The minimum Gasteiger partial charge on any atom is -0.300 e. The Labute approximate surface area is 138 Å². The molecule has 3 nitrogen and oxygen atoms in total. The Bertz CT molecular complexity index is 688. The van der Waals surface area contributed by atoms with Crippen LogP contribution in [-0.2, 0) is 22.4 Å². The van der Waals surface area contributed by atoms with E-state index in [0.717, 1.165) is 18.6 Å². The van der Waals surface area contributed by atoms with E-state index in [1.807, 2.05) is 4.90 Å². The highest BCUT2D eigenvalue weighted by Gasteiger charge is 2.52. The fraction of sp³-hybridized carbons (Fsp3) is 0.625. The molecule has 24 heavy (non-hydrogen) atoms. The van der Waals surface area contributed by atoms with Gasteiger partial charge < -0.3 is 0 Å². The van der Waals surface area contributed by atoms with E-state index >= 15 is 0 Å². The molecule has 2 fully saturated rings. The van der Waals surface area contributed by atoms with Crippen LogP contribution in [0.5, 0.6) is 0 Å². The van der Waals surface area contributed by atoms with E-state index in [0.29, 0.717) is 18.7 Å². The smallest absolute Gasteiger partial charge is 0.300 e. The second-order valence-electron chi connectivity index (χ2n) is 7.01. The summed E-state index contributed by atoms with van der Waals surface area (Å²) in [7, 11) is -2.90. The Kier molecular flexibility index (Phi) is 4.40. The van der Waals surface area contributed by atoms with Gasteiger partial charge in [-0.2, -0.15) is 13.2 Å². The average Bonchev–Trinajstić information content (AvgIpc) is 2.79. The highest BCUT2D eigenvalue weighted by molar-refractivity contribution is 7.92. The van der Waals surface area contributed by atoms with E-state index < -0.39 is 27.7 Å². The molecule has 0 aliphatic carbocycles. The first-order valence-corrected chi connectivity index (χ1v) is 9.62. The Balaban J connectivity index is 1.50. The Morgan fingerprint density at radius 1 is 1.17 bits per heavy atom. The molecule has 0 radical (unpaired) electrons. The van der Waals surface area contributed by atoms with Crippen molar-refractivity contribution in [3.63, 3.8) is 0 Å². The molecule has 8 heteroatoms. The third kappa shape index (κ3) is 3.91. The van der Waals surface area contributed by atoms with Gasteiger partial charge in [0.2, 0.25) is 0 Å². The van der Waals surface area contributed by atoms with Gasteiger partial charge in [-0.3, -0.25) is 4.90 Å². The Morgan fingerprint density at radius 2 is 1.79 bits per heavy atom. The van der Waals surface area contributed by atoms with E-state index in [1.54, 1.807) is 0 Å². The number of hydrogen-bond donors (Lipinski definition) is 0. The summed E-state index contributed by atoms with van der Waals surface area (Å²) in [5.41, 5.74) is -0.419. The first kappa shape index (κ1) is 17.7. The molecule has 1 aromatic rings. The number of rotatable bonds is 4. The maximum absolute atomic E-state index is 14.2. The number of hydrogen-bond acceptors (Lipinski definition) is 3. The lowest BCUT2D eigenvalue weighted by Gasteiger charge is -2.37. The molecule has 0 saturated carbocycles. The van der Waals surface area contributed by atoms with Crippen LogP contribution in [0.15, 0.2) is 24.3 Å². The molecule has 0 bridgehead atoms. The van der Waals surface area contributed by atoms with Crippen molar-refractivity contribution in [1.29, 1.82) is 0 Å². The van der Waals surface area contributed by atoms with Gasteiger partial charge in [-0.25, -0.2) is 12.8 Å². The molecule has 1 atom stereocenters. The van der Waals surface area contributed by atoms with E-state index in [1.165, 1.54) is 12.1 Å². The van der Waals surface area contributed by atoms with Gasteiger partial charge in [0.25, 0.3) is 0 Å². The minimum atomic E-state index is -4.39. The predicted molar refractivity (Wildman–Crippen MR) is 82.2 cm³/mol. The van der Waals surface area contributed by atoms with Crippen LogP contribution in [-0.4, -0.2) is 50.6 Å². The van der Waals surface area contributed by atoms with E-state index in [2.05, 4.69) is 0 Å². The van der Waals surface area contributed by atoms with Crippen LogP contribution in [0.4, 0.5) is 17.6 Å². The van der Waals surface area contributed by atoms with Crippen LogP contribution < -0.4 is 0 Å². The van der Waals surface area contributed by atoms with E-state index in [-0.39, 0.29) is 29.9 Å². The van der Waals surface area contributed by atoms with Gasteiger partial charge in [0, 0.05) is 24.9 Å². The second kappa shape index (κ2) is 5.98. The summed E-state index contributed by atoms with van der Waals surface area (Å²) in [5, 5.41) is 0. The zero-order valence-corrected chi connectivity index (χ0v) is 13.8. The van der Waals surface area contributed by atoms with Crippen molar-refractivity contribution in [2.45, 2.75) is 25.2 Å². The molecule has 2 aliphatic rings. The normalized spacial score (nSPS) is 24.0. The van der Waals surface area contributed by atoms with Crippen molar-refractivity contribution < 1.29 is 26.0 Å². The van der Waals surface area contributed by atoms with E-state index in [4.69, 9.17) is 0 Å². The maximum Gasteiger partial charge on any atom is 0.416 e. The van der Waals surface area contributed by atoms with Gasteiger partial charge in [-0.05, 0) is 30.7 Å². The average molecular weight is 365 g/mol. The molecule has 3 rings (SSSR count). The molecule has 1 aromatic carbocycles. The van der Waals surface area contributed by atoms with Crippen LogP contribution in [0.3, 0.4) is 0 Å². The Morgan fingerprint density at radius 3 is 2.33 bits per heavy atom. The van der Waals surface area contributed by atoms with Crippen molar-refractivity contribution in [3.05, 3.63) is 35.4 Å². The Hall–Kier alpha value is -1.15. The fourth-order valence-corrected chi connectivity index (χ4v) is 5.99. The summed E-state index contributed by atoms with van der Waals surface area (Å²) >= 11 is 0. The summed E-state index contributed by atoms with van der Waals surface area (Å²) in [6.07, 6.45) is -4.76. The monoisotopic (exact) mass is 365 g/mol. The topological polar surface area (TPSA) is 37.4 Å². The number of alkyl halides is 4. The standard InChI is InChI=1S/C16H19F4NO2S/c17-14(7-12-1-3-13(4-2-12)16(18,19)20)8-21-6-5-15(9-21)10-24(22,23)11-15/h1-4,14H,5-11H2/t14-/m0/s1. The number of sulfone groups is 1. The predicted octanol–water partition coefficient (Wildman–Crippen LogP) is 2.71. The molecule has 2 heterocycles. The molecular formula is C16H19F4NO2S. The van der Waals surface area contributed by atoms with Gasteiger partial charge in [-0.15, -0.1) is 0 Å². The third-order valence-corrected chi connectivity index (χ3v) is 6.87. The summed E-state index contributed by atoms with van der Waals surface area (Å²) in [4.78, 5) is 1.92. The van der Waals surface area contributed by atoms with E-state index in [9.17, 15) is 26.0 Å². The molecule has 0 amide bonds. The molecule has 134 valence electrons. The quantitative estimate of drug-likeness (QED) is 0.770. The molecule has 2 aliphatic heterocycles. The van der Waals surface area contributed by atoms with Gasteiger partial charge in [0.05, 0.1) is 17.1 Å². The largest absolute Gasteiger partial charge is 0.416 e. The van der Waals surface area contributed by atoms with Gasteiger partial charge in [0.15, 0.2) is 9.84 Å². The summed E-state index contributed by atoms with van der Waals surface area (Å²) in [6.45, 7) is 1.44. The van der Waals surface area contributed by atoms with Crippen LogP contribution in [0, 0.1) is 5.41 Å². The fourth-order valence-electron chi connectivity index (χ4n) is 3.74. The number of benzene rings is 1. The van der Waals surface area contributed by atoms with Crippen LogP contribution in [0.1, 0.15) is 17.5 Å². The highest BCUT2D eigenvalue weighted by atomic mass is 32.2. The second-order valence-corrected chi connectivity index (χ2v) is 9.08. The molecule has 2 saturated heterocycles. The lowest BCUT2D eigenvalue weighted by Crippen LogP contribution is -2.50.